The van der Waals surface area contributed by atoms with Crippen LogP contribution in [0, 0.1) is 10.1 Å². The second-order valence-electron chi connectivity index (χ2n) is 7.14. The van der Waals surface area contributed by atoms with Crippen LogP contribution in [-0.2, 0) is 4.79 Å². The van der Waals surface area contributed by atoms with Crippen molar-refractivity contribution in [2.75, 3.05) is 13.1 Å². The molecule has 2 aliphatic heterocycles. The molecule has 6 heteroatoms. The summed E-state index contributed by atoms with van der Waals surface area (Å²) >= 11 is 0. The largest absolute Gasteiger partial charge is 0.339 e. The van der Waals surface area contributed by atoms with Crippen LogP contribution in [0.5, 0.6) is 0 Å². The number of fused-ring (bicyclic) bond motifs is 2. The van der Waals surface area contributed by atoms with E-state index in [4.69, 9.17) is 0 Å². The van der Waals surface area contributed by atoms with E-state index in [0.717, 1.165) is 44.3 Å². The van der Waals surface area contributed by atoms with Crippen LogP contribution in [0.1, 0.15) is 44.6 Å². The molecule has 0 radical (unpaired) electrons. The van der Waals surface area contributed by atoms with Gasteiger partial charge in [-0.3, -0.25) is 14.9 Å². The van der Waals surface area contributed by atoms with Crippen molar-refractivity contribution >= 4 is 17.7 Å². The van der Waals surface area contributed by atoms with Gasteiger partial charge in [-0.1, -0.05) is 19.1 Å². The smallest absolute Gasteiger partial charge is 0.269 e. The summed E-state index contributed by atoms with van der Waals surface area (Å²) in [4.78, 5) is 24.6. The van der Waals surface area contributed by atoms with Crippen LogP contribution in [0.4, 0.5) is 5.69 Å². The number of carbonyl (C=O) groups excluding carboxylic acids is 1. The molecule has 25 heavy (non-hydrogen) atoms. The van der Waals surface area contributed by atoms with E-state index in [0.29, 0.717) is 12.5 Å². The summed E-state index contributed by atoms with van der Waals surface area (Å²) in [6.45, 7) is 3.64. The summed E-state index contributed by atoms with van der Waals surface area (Å²) in [5.74, 6) is 0.264. The van der Waals surface area contributed by atoms with E-state index in [1.807, 2.05) is 17.9 Å². The summed E-state index contributed by atoms with van der Waals surface area (Å²) in [6, 6.07) is 6.97. The van der Waals surface area contributed by atoms with Crippen molar-refractivity contribution in [3.8, 4) is 0 Å². The third kappa shape index (κ3) is 4.07. The number of hydrogen-bond donors (Lipinski definition) is 1. The van der Waals surface area contributed by atoms with E-state index in [1.54, 1.807) is 12.1 Å². The highest BCUT2D eigenvalue weighted by Crippen LogP contribution is 2.33. The normalized spacial score (nSPS) is 25.5. The van der Waals surface area contributed by atoms with Crippen LogP contribution in [0.15, 0.2) is 30.3 Å². The zero-order valence-corrected chi connectivity index (χ0v) is 14.6. The Balaban J connectivity index is 1.63. The molecular weight excluding hydrogens is 318 g/mol. The number of carbonyl (C=O) groups is 1. The molecular formula is C19H25N3O3. The summed E-state index contributed by atoms with van der Waals surface area (Å²) in [5, 5.41) is 14.4. The standard InChI is InChI=1S/C19H25N3O3/c1-2-4-18(23)21-13-16-10-12-19(14-21,20-16)11-3-5-15-6-8-17(9-7-15)22(24)25/h3,5-9,16,20H,2,4,10-14H2,1H3. The number of nitrogens with one attached hydrogen (secondary N) is 1. The van der Waals surface area contributed by atoms with Gasteiger partial charge in [0.1, 0.15) is 0 Å². The van der Waals surface area contributed by atoms with Crippen molar-refractivity contribution in [2.24, 2.45) is 0 Å². The van der Waals surface area contributed by atoms with Crippen LogP contribution in [0.25, 0.3) is 6.08 Å². The number of nitrogens with zero attached hydrogens (tertiary/aromatic N) is 2. The summed E-state index contributed by atoms with van der Waals surface area (Å²) in [6.07, 6.45) is 8.68. The Hall–Kier alpha value is -2.21. The van der Waals surface area contributed by atoms with Crippen molar-refractivity contribution in [3.63, 3.8) is 0 Å². The molecule has 2 bridgehead atoms. The number of likely N-dealkylation sites (tertiary alicyclic amines) is 1. The van der Waals surface area contributed by atoms with E-state index in [2.05, 4.69) is 11.4 Å². The monoisotopic (exact) mass is 343 g/mol. The fourth-order valence-electron chi connectivity index (χ4n) is 3.90. The number of amides is 1. The Morgan fingerprint density at radius 1 is 1.44 bits per heavy atom. The Morgan fingerprint density at radius 2 is 2.20 bits per heavy atom. The Labute approximate surface area is 148 Å². The fourth-order valence-corrected chi connectivity index (χ4v) is 3.90. The number of non-ortho nitro benzene ring substituents is 1. The average molecular weight is 343 g/mol. The van der Waals surface area contributed by atoms with Gasteiger partial charge in [-0.2, -0.15) is 0 Å². The third-order valence-electron chi connectivity index (χ3n) is 5.16. The molecule has 2 unspecified atom stereocenters. The molecule has 3 rings (SSSR count). The first kappa shape index (κ1) is 17.6. The molecule has 1 N–H and O–H groups in total. The molecule has 2 saturated heterocycles. The lowest BCUT2D eigenvalue weighted by Crippen LogP contribution is -2.60. The van der Waals surface area contributed by atoms with Gasteiger partial charge in [-0.05, 0) is 43.4 Å². The number of nitro benzene ring substituents is 1. The first-order chi connectivity index (χ1) is 12.0. The SMILES string of the molecule is CCCC(=O)N1CC2CCC(CC=Cc3ccc([N+](=O)[O-])cc3)(C1)N2. The predicted octanol–water partition coefficient (Wildman–Crippen LogP) is 3.13. The Kier molecular flexibility index (Phi) is 5.18. The molecule has 2 aliphatic rings. The summed E-state index contributed by atoms with van der Waals surface area (Å²) in [7, 11) is 0. The minimum Gasteiger partial charge on any atom is -0.339 e. The van der Waals surface area contributed by atoms with E-state index in [-0.39, 0.29) is 22.1 Å². The molecule has 0 aromatic heterocycles. The van der Waals surface area contributed by atoms with Crippen LogP contribution in [0.2, 0.25) is 0 Å². The molecule has 0 spiro atoms. The maximum absolute atomic E-state index is 12.3. The number of benzene rings is 1. The van der Waals surface area contributed by atoms with Crippen LogP contribution < -0.4 is 5.32 Å². The van der Waals surface area contributed by atoms with Crippen molar-refractivity contribution in [1.82, 2.24) is 10.2 Å². The third-order valence-corrected chi connectivity index (χ3v) is 5.16. The lowest BCUT2D eigenvalue weighted by molar-refractivity contribution is -0.384. The predicted molar refractivity (Wildman–Crippen MR) is 97.1 cm³/mol. The van der Waals surface area contributed by atoms with Crippen LogP contribution in [-0.4, -0.2) is 40.4 Å². The van der Waals surface area contributed by atoms with Gasteiger partial charge < -0.3 is 10.2 Å². The van der Waals surface area contributed by atoms with E-state index < -0.39 is 0 Å². The fraction of sp³-hybridized carbons (Fsp3) is 0.526. The van der Waals surface area contributed by atoms with Gasteiger partial charge in [0.05, 0.1) is 4.92 Å². The van der Waals surface area contributed by atoms with Gasteiger partial charge in [-0.25, -0.2) is 0 Å². The molecule has 1 amide bonds. The second kappa shape index (κ2) is 7.35. The van der Waals surface area contributed by atoms with Gasteiger partial charge >= 0.3 is 0 Å². The molecule has 134 valence electrons. The molecule has 0 aliphatic carbocycles. The van der Waals surface area contributed by atoms with Gasteiger partial charge in [0.2, 0.25) is 5.91 Å². The molecule has 1 aromatic carbocycles. The molecule has 2 fully saturated rings. The lowest BCUT2D eigenvalue weighted by Gasteiger charge is -2.41. The van der Waals surface area contributed by atoms with Gasteiger partial charge in [0.25, 0.3) is 5.69 Å². The maximum Gasteiger partial charge on any atom is 0.269 e. The molecule has 2 atom stereocenters. The minimum atomic E-state index is -0.390. The highest BCUT2D eigenvalue weighted by atomic mass is 16.6. The van der Waals surface area contributed by atoms with Crippen LogP contribution >= 0.6 is 0 Å². The zero-order chi connectivity index (χ0) is 17.9. The van der Waals surface area contributed by atoms with Crippen molar-refractivity contribution < 1.29 is 9.72 Å². The number of piperazine rings is 1. The first-order valence-electron chi connectivity index (χ1n) is 8.98. The van der Waals surface area contributed by atoms with Gasteiger partial charge in [-0.15, -0.1) is 0 Å². The lowest BCUT2D eigenvalue weighted by atomic mass is 9.92. The highest BCUT2D eigenvalue weighted by Gasteiger charge is 2.44. The van der Waals surface area contributed by atoms with E-state index in [9.17, 15) is 14.9 Å². The summed E-state index contributed by atoms with van der Waals surface area (Å²) in [5.41, 5.74) is 1.03. The Bertz CT molecular complexity index is 671. The second-order valence-corrected chi connectivity index (χ2v) is 7.14. The number of nitro groups is 1. The van der Waals surface area contributed by atoms with E-state index in [1.165, 1.54) is 12.1 Å². The van der Waals surface area contributed by atoms with Crippen LogP contribution in [0.3, 0.4) is 0 Å². The van der Waals surface area contributed by atoms with Gasteiger partial charge in [0.15, 0.2) is 0 Å². The summed E-state index contributed by atoms with van der Waals surface area (Å²) < 4.78 is 0. The minimum absolute atomic E-state index is 0.0242. The van der Waals surface area contributed by atoms with Crippen molar-refractivity contribution in [1.29, 1.82) is 0 Å². The van der Waals surface area contributed by atoms with E-state index >= 15 is 0 Å². The van der Waals surface area contributed by atoms with Crippen molar-refractivity contribution in [3.05, 3.63) is 46.0 Å². The molecule has 6 nitrogen and oxygen atoms in total. The van der Waals surface area contributed by atoms with Crippen molar-refractivity contribution in [2.45, 2.75) is 50.6 Å². The zero-order valence-electron chi connectivity index (χ0n) is 14.6. The average Bonchev–Trinajstić information content (AvgIpc) is 2.90. The quantitative estimate of drug-likeness (QED) is 0.636. The molecule has 0 saturated carbocycles. The van der Waals surface area contributed by atoms with Gasteiger partial charge in [0, 0.05) is 43.2 Å². The molecule has 1 aromatic rings. The molecule has 2 heterocycles. The first-order valence-corrected chi connectivity index (χ1v) is 8.98. The number of hydrogen-bond acceptors (Lipinski definition) is 4. The maximum atomic E-state index is 12.3. The number of rotatable bonds is 6. The topological polar surface area (TPSA) is 75.5 Å². The Morgan fingerprint density at radius 3 is 2.88 bits per heavy atom. The highest BCUT2D eigenvalue weighted by molar-refractivity contribution is 5.76.